The quantitative estimate of drug-likeness (QED) is 0.777. The first-order valence-electron chi connectivity index (χ1n) is 7.01. The average molecular weight is 278 g/mol. The van der Waals surface area contributed by atoms with E-state index in [0.717, 1.165) is 5.56 Å². The molecule has 0 saturated heterocycles. The van der Waals surface area contributed by atoms with Gasteiger partial charge >= 0.3 is 5.97 Å². The van der Waals surface area contributed by atoms with Crippen molar-refractivity contribution in [3.63, 3.8) is 0 Å². The number of nitrogens with zero attached hydrogens (tertiary/aromatic N) is 1. The summed E-state index contributed by atoms with van der Waals surface area (Å²) in [5.41, 5.74) is 0.889. The molecule has 0 aliphatic heterocycles. The molecule has 4 nitrogen and oxygen atoms in total. The van der Waals surface area contributed by atoms with Gasteiger partial charge in [0.05, 0.1) is 6.61 Å². The third kappa shape index (κ3) is 4.62. The van der Waals surface area contributed by atoms with Crippen LogP contribution < -0.4 is 5.32 Å². The van der Waals surface area contributed by atoms with Crippen molar-refractivity contribution in [3.05, 3.63) is 35.9 Å². The van der Waals surface area contributed by atoms with Gasteiger partial charge in [-0.2, -0.15) is 0 Å². The van der Waals surface area contributed by atoms with Crippen LogP contribution in [0.15, 0.2) is 30.3 Å². The molecular formula is C16H26N2O2. The number of likely N-dealkylation sites (N-methyl/N-ethyl adjacent to an activating group) is 1. The molecule has 0 fully saturated rings. The highest BCUT2D eigenvalue weighted by Gasteiger charge is 2.26. The summed E-state index contributed by atoms with van der Waals surface area (Å²) in [6, 6.07) is 9.26. The van der Waals surface area contributed by atoms with Gasteiger partial charge in [-0.1, -0.05) is 30.3 Å². The summed E-state index contributed by atoms with van der Waals surface area (Å²) in [5.74, 6) is -0.228. The second kappa shape index (κ2) is 7.41. The predicted molar refractivity (Wildman–Crippen MR) is 81.6 cm³/mol. The maximum atomic E-state index is 12.1. The number of carbonyl (C=O) groups is 1. The Kier molecular flexibility index (Phi) is 6.17. The molecule has 4 heteroatoms. The molecule has 0 aliphatic rings. The van der Waals surface area contributed by atoms with E-state index in [1.165, 1.54) is 0 Å². The number of carbonyl (C=O) groups excluding carboxylic acids is 1. The number of hydrogen-bond donors (Lipinski definition) is 1. The number of benzene rings is 1. The zero-order valence-corrected chi connectivity index (χ0v) is 13.1. The van der Waals surface area contributed by atoms with Gasteiger partial charge in [0.1, 0.15) is 6.04 Å². The lowest BCUT2D eigenvalue weighted by molar-refractivity contribution is -0.146. The molecular weight excluding hydrogens is 252 g/mol. The van der Waals surface area contributed by atoms with E-state index >= 15 is 0 Å². The molecule has 0 aromatic heterocycles. The first kappa shape index (κ1) is 16.7. The fourth-order valence-corrected chi connectivity index (χ4v) is 1.72. The molecule has 1 unspecified atom stereocenters. The van der Waals surface area contributed by atoms with Gasteiger partial charge in [0.2, 0.25) is 0 Å². The van der Waals surface area contributed by atoms with E-state index in [4.69, 9.17) is 4.74 Å². The summed E-state index contributed by atoms with van der Waals surface area (Å²) in [7, 11) is 4.06. The maximum absolute atomic E-state index is 12.1. The van der Waals surface area contributed by atoms with Crippen LogP contribution in [-0.2, 0) is 9.53 Å². The summed E-state index contributed by atoms with van der Waals surface area (Å²) < 4.78 is 5.17. The Morgan fingerprint density at radius 1 is 1.30 bits per heavy atom. The van der Waals surface area contributed by atoms with E-state index in [0.29, 0.717) is 13.2 Å². The van der Waals surface area contributed by atoms with Gasteiger partial charge in [0.25, 0.3) is 0 Å². The maximum Gasteiger partial charge on any atom is 0.327 e. The first-order valence-corrected chi connectivity index (χ1v) is 7.01. The van der Waals surface area contributed by atoms with Crippen LogP contribution in [0.1, 0.15) is 32.4 Å². The Hall–Kier alpha value is -1.39. The summed E-state index contributed by atoms with van der Waals surface area (Å²) >= 11 is 0. The van der Waals surface area contributed by atoms with Gasteiger partial charge in [-0.05, 0) is 40.4 Å². The highest BCUT2D eigenvalue weighted by Crippen LogP contribution is 2.17. The molecule has 1 aromatic rings. The number of hydrogen-bond acceptors (Lipinski definition) is 4. The molecule has 0 bridgehead atoms. The third-order valence-corrected chi connectivity index (χ3v) is 3.60. The predicted octanol–water partition coefficient (Wildman–Crippen LogP) is 2.22. The molecule has 1 N–H and O–H groups in total. The van der Waals surface area contributed by atoms with Crippen molar-refractivity contribution < 1.29 is 9.53 Å². The Labute approximate surface area is 122 Å². The SMILES string of the molecule is CCOC(=O)C(NCC(C)(C)N(C)C)c1ccccc1. The van der Waals surface area contributed by atoms with E-state index in [1.54, 1.807) is 0 Å². The van der Waals surface area contributed by atoms with Crippen molar-refractivity contribution in [2.75, 3.05) is 27.2 Å². The molecule has 112 valence electrons. The van der Waals surface area contributed by atoms with E-state index in [9.17, 15) is 4.79 Å². The topological polar surface area (TPSA) is 41.6 Å². The van der Waals surface area contributed by atoms with Crippen LogP contribution in [0.4, 0.5) is 0 Å². The number of esters is 1. The van der Waals surface area contributed by atoms with Gasteiger partial charge < -0.3 is 9.64 Å². The molecule has 0 spiro atoms. The van der Waals surface area contributed by atoms with Crippen LogP contribution in [0.5, 0.6) is 0 Å². The van der Waals surface area contributed by atoms with Crippen molar-refractivity contribution in [1.29, 1.82) is 0 Å². The number of nitrogens with one attached hydrogen (secondary N) is 1. The number of ether oxygens (including phenoxy) is 1. The lowest BCUT2D eigenvalue weighted by Crippen LogP contribution is -2.48. The van der Waals surface area contributed by atoms with Crippen molar-refractivity contribution in [1.82, 2.24) is 10.2 Å². The fourth-order valence-electron chi connectivity index (χ4n) is 1.72. The molecule has 1 atom stereocenters. The minimum Gasteiger partial charge on any atom is -0.465 e. The summed E-state index contributed by atoms with van der Waals surface area (Å²) in [5, 5.41) is 3.33. The summed E-state index contributed by atoms with van der Waals surface area (Å²) in [6.07, 6.45) is 0. The van der Waals surface area contributed by atoms with E-state index in [-0.39, 0.29) is 11.5 Å². The zero-order valence-electron chi connectivity index (χ0n) is 13.1. The van der Waals surface area contributed by atoms with Gasteiger partial charge in [0, 0.05) is 12.1 Å². The molecule has 0 radical (unpaired) electrons. The van der Waals surface area contributed by atoms with E-state index in [1.807, 2.05) is 51.4 Å². The molecule has 1 rings (SSSR count). The minimum atomic E-state index is -0.421. The smallest absolute Gasteiger partial charge is 0.327 e. The van der Waals surface area contributed by atoms with Gasteiger partial charge in [-0.15, -0.1) is 0 Å². The standard InChI is InChI=1S/C16H26N2O2/c1-6-20-15(19)14(13-10-8-7-9-11-13)17-12-16(2,3)18(4)5/h7-11,14,17H,6,12H2,1-5H3. The van der Waals surface area contributed by atoms with Gasteiger partial charge in [0.15, 0.2) is 0 Å². The molecule has 0 heterocycles. The molecule has 20 heavy (non-hydrogen) atoms. The monoisotopic (exact) mass is 278 g/mol. The van der Waals surface area contributed by atoms with E-state index < -0.39 is 6.04 Å². The van der Waals surface area contributed by atoms with E-state index in [2.05, 4.69) is 24.1 Å². The fraction of sp³-hybridized carbons (Fsp3) is 0.562. The number of rotatable bonds is 7. The summed E-state index contributed by atoms with van der Waals surface area (Å²) in [4.78, 5) is 14.3. The largest absolute Gasteiger partial charge is 0.465 e. The molecule has 0 saturated carbocycles. The minimum absolute atomic E-state index is 0.0421. The van der Waals surface area contributed by atoms with Gasteiger partial charge in [-0.25, -0.2) is 4.79 Å². The highest BCUT2D eigenvalue weighted by molar-refractivity contribution is 5.77. The summed E-state index contributed by atoms with van der Waals surface area (Å²) in [6.45, 7) is 7.17. The van der Waals surface area contributed by atoms with Crippen LogP contribution in [0.2, 0.25) is 0 Å². The lowest BCUT2D eigenvalue weighted by Gasteiger charge is -2.34. The second-order valence-corrected chi connectivity index (χ2v) is 5.68. The third-order valence-electron chi connectivity index (χ3n) is 3.60. The van der Waals surface area contributed by atoms with Crippen LogP contribution >= 0.6 is 0 Å². The Balaban J connectivity index is 2.82. The van der Waals surface area contributed by atoms with Crippen LogP contribution in [0.3, 0.4) is 0 Å². The normalized spacial score (nSPS) is 13.3. The van der Waals surface area contributed by atoms with Crippen LogP contribution in [-0.4, -0.2) is 43.7 Å². The van der Waals surface area contributed by atoms with Crippen molar-refractivity contribution in [2.45, 2.75) is 32.4 Å². The molecule has 0 aliphatic carbocycles. The lowest BCUT2D eigenvalue weighted by atomic mass is 10.0. The first-order chi connectivity index (χ1) is 9.38. The van der Waals surface area contributed by atoms with Gasteiger partial charge in [-0.3, -0.25) is 5.32 Å². The van der Waals surface area contributed by atoms with Crippen molar-refractivity contribution in [3.8, 4) is 0 Å². The second-order valence-electron chi connectivity index (χ2n) is 5.68. The molecule has 0 amide bonds. The molecule has 1 aromatic carbocycles. The average Bonchev–Trinajstić information content (AvgIpc) is 2.40. The van der Waals surface area contributed by atoms with Crippen LogP contribution in [0.25, 0.3) is 0 Å². The Bertz CT molecular complexity index is 416. The van der Waals surface area contributed by atoms with Crippen molar-refractivity contribution in [2.24, 2.45) is 0 Å². The Morgan fingerprint density at radius 2 is 1.90 bits per heavy atom. The Morgan fingerprint density at radius 3 is 2.40 bits per heavy atom. The van der Waals surface area contributed by atoms with Crippen LogP contribution in [0, 0.1) is 0 Å². The zero-order chi connectivity index (χ0) is 15.2. The highest BCUT2D eigenvalue weighted by atomic mass is 16.5. The van der Waals surface area contributed by atoms with Crippen molar-refractivity contribution >= 4 is 5.97 Å².